The number of nitrogens with one attached hydrogen (secondary N) is 1. The summed E-state index contributed by atoms with van der Waals surface area (Å²) in [5.41, 5.74) is 4.81. The summed E-state index contributed by atoms with van der Waals surface area (Å²) in [5, 5.41) is 8.68. The van der Waals surface area contributed by atoms with Crippen molar-refractivity contribution in [3.63, 3.8) is 0 Å². The smallest absolute Gasteiger partial charge is 0.410 e. The molecule has 1 saturated heterocycles. The maximum absolute atomic E-state index is 13.6. The van der Waals surface area contributed by atoms with Gasteiger partial charge < -0.3 is 24.3 Å². The number of carbonyl (C=O) groups is 2. The first-order chi connectivity index (χ1) is 21.5. The number of amides is 2. The number of fused-ring (bicyclic) bond motifs is 2. The van der Waals surface area contributed by atoms with E-state index in [1.807, 2.05) is 58.0 Å². The standard InChI is InChI=1S/C34H49N7O4Si/c1-22-17-28(37-40-18-23(2)35-31(22)40)32(42)36-27-11-12-29(26-13-14-38(30(26)27)21-44-15-16-46(8,9)10)39-19-24(3)41(25(4)20-39)33(43)45-34(5,6)7/h11-14,17-18,24-25H,15-16,19-21H2,1-10H3,(H,36,42)/t24-,25+. The first-order valence-electron chi connectivity index (χ1n) is 16.1. The SMILES string of the molecule is Cc1cn2nc(C(=O)Nc3ccc(N4C[C@@H](C)N(C(=O)OC(C)(C)C)[C@@H](C)C4)c4ccn(COCC[Si](C)(C)C)c34)cc(C)c2n1. The molecule has 46 heavy (non-hydrogen) atoms. The maximum Gasteiger partial charge on any atom is 0.410 e. The van der Waals surface area contributed by atoms with E-state index in [2.05, 4.69) is 70.5 Å². The fourth-order valence-corrected chi connectivity index (χ4v) is 6.83. The number of aromatic nitrogens is 4. The quantitative estimate of drug-likeness (QED) is 0.168. The van der Waals surface area contributed by atoms with Crippen LogP contribution in [0.2, 0.25) is 25.7 Å². The fraction of sp³-hybridized carbons (Fsp3) is 0.529. The zero-order chi connectivity index (χ0) is 33.6. The van der Waals surface area contributed by atoms with E-state index in [0.717, 1.165) is 39.5 Å². The van der Waals surface area contributed by atoms with E-state index in [-0.39, 0.29) is 24.1 Å². The highest BCUT2D eigenvalue weighted by Gasteiger charge is 2.36. The summed E-state index contributed by atoms with van der Waals surface area (Å²) in [6, 6.07) is 8.82. The number of imidazole rings is 1. The van der Waals surface area contributed by atoms with Gasteiger partial charge in [0.15, 0.2) is 5.65 Å². The molecule has 0 unspecified atom stereocenters. The minimum Gasteiger partial charge on any atom is -0.444 e. The van der Waals surface area contributed by atoms with Crippen LogP contribution in [0.15, 0.2) is 36.7 Å². The molecule has 2 atom stereocenters. The van der Waals surface area contributed by atoms with E-state index in [0.29, 0.717) is 37.8 Å². The van der Waals surface area contributed by atoms with Gasteiger partial charge in [-0.1, -0.05) is 19.6 Å². The molecule has 1 aromatic carbocycles. The Morgan fingerprint density at radius 2 is 1.76 bits per heavy atom. The summed E-state index contributed by atoms with van der Waals surface area (Å²) in [5.74, 6) is -0.300. The van der Waals surface area contributed by atoms with Crippen molar-refractivity contribution in [3.8, 4) is 0 Å². The number of piperazine rings is 1. The van der Waals surface area contributed by atoms with Crippen LogP contribution in [0.1, 0.15) is 56.4 Å². The average Bonchev–Trinajstić information content (AvgIpc) is 3.53. The number of benzene rings is 1. The van der Waals surface area contributed by atoms with Crippen LogP contribution in [-0.4, -0.2) is 81.5 Å². The topological polar surface area (TPSA) is 106 Å². The van der Waals surface area contributed by atoms with Crippen molar-refractivity contribution in [1.29, 1.82) is 0 Å². The van der Waals surface area contributed by atoms with E-state index in [1.54, 1.807) is 10.6 Å². The number of carbonyl (C=O) groups excluding carboxylic acids is 2. The first kappa shape index (κ1) is 33.5. The largest absolute Gasteiger partial charge is 0.444 e. The summed E-state index contributed by atoms with van der Waals surface area (Å²) in [6.07, 6.45) is 3.55. The average molecular weight is 648 g/mol. The minimum atomic E-state index is -1.25. The summed E-state index contributed by atoms with van der Waals surface area (Å²) in [6.45, 7) is 23.0. The second kappa shape index (κ2) is 12.7. The van der Waals surface area contributed by atoms with E-state index < -0.39 is 13.7 Å². The van der Waals surface area contributed by atoms with Gasteiger partial charge in [-0.05, 0) is 84.3 Å². The second-order valence-corrected chi connectivity index (χ2v) is 20.5. The highest BCUT2D eigenvalue weighted by atomic mass is 28.3. The van der Waals surface area contributed by atoms with Gasteiger partial charge in [0.1, 0.15) is 18.0 Å². The molecule has 3 aromatic heterocycles. The Hall–Kier alpha value is -3.90. The number of rotatable bonds is 8. The molecule has 4 aromatic rings. The third kappa shape index (κ3) is 7.39. The third-order valence-corrected chi connectivity index (χ3v) is 9.91. The predicted molar refractivity (Wildman–Crippen MR) is 186 cm³/mol. The Labute approximate surface area is 272 Å². The Bertz CT molecular complexity index is 1740. The van der Waals surface area contributed by atoms with E-state index in [4.69, 9.17) is 9.47 Å². The van der Waals surface area contributed by atoms with E-state index >= 15 is 0 Å². The van der Waals surface area contributed by atoms with Gasteiger partial charge in [-0.15, -0.1) is 0 Å². The molecule has 4 heterocycles. The maximum atomic E-state index is 13.6. The molecular formula is C34H49N7O4Si. The van der Waals surface area contributed by atoms with Crippen LogP contribution in [0.25, 0.3) is 16.6 Å². The normalized spacial score (nSPS) is 17.6. The van der Waals surface area contributed by atoms with Gasteiger partial charge in [-0.3, -0.25) is 9.69 Å². The summed E-state index contributed by atoms with van der Waals surface area (Å²) < 4.78 is 15.6. The Kier molecular flexibility index (Phi) is 9.25. The van der Waals surface area contributed by atoms with E-state index in [9.17, 15) is 9.59 Å². The Morgan fingerprint density at radius 3 is 2.41 bits per heavy atom. The summed E-state index contributed by atoms with van der Waals surface area (Å²) in [4.78, 5) is 35.4. The molecule has 1 aliphatic heterocycles. The lowest BCUT2D eigenvalue weighted by Crippen LogP contribution is -2.59. The highest BCUT2D eigenvalue weighted by Crippen LogP contribution is 2.36. The van der Waals surface area contributed by atoms with Crippen LogP contribution >= 0.6 is 0 Å². The van der Waals surface area contributed by atoms with Gasteiger partial charge in [0.25, 0.3) is 5.91 Å². The van der Waals surface area contributed by atoms with Crippen LogP contribution in [0.5, 0.6) is 0 Å². The minimum absolute atomic E-state index is 0.0592. The molecule has 1 fully saturated rings. The van der Waals surface area contributed by atoms with E-state index in [1.165, 1.54) is 0 Å². The van der Waals surface area contributed by atoms with Crippen molar-refractivity contribution in [2.45, 2.75) is 98.6 Å². The number of aryl methyl sites for hydroxylation is 2. The number of hydrogen-bond donors (Lipinski definition) is 1. The zero-order valence-corrected chi connectivity index (χ0v) is 30.0. The lowest BCUT2D eigenvalue weighted by molar-refractivity contribution is 0.00567. The monoisotopic (exact) mass is 647 g/mol. The van der Waals surface area contributed by atoms with Gasteiger partial charge in [0.05, 0.1) is 35.2 Å². The van der Waals surface area contributed by atoms with Gasteiger partial charge >= 0.3 is 6.09 Å². The molecule has 1 aliphatic rings. The molecule has 2 amide bonds. The van der Waals surface area contributed by atoms with Crippen LogP contribution in [0, 0.1) is 13.8 Å². The van der Waals surface area contributed by atoms with Crippen molar-refractivity contribution in [2.75, 3.05) is 29.9 Å². The lowest BCUT2D eigenvalue weighted by atomic mass is 10.1. The van der Waals surface area contributed by atoms with Crippen molar-refractivity contribution in [1.82, 2.24) is 24.1 Å². The summed E-state index contributed by atoms with van der Waals surface area (Å²) >= 11 is 0. The molecule has 0 saturated carbocycles. The van der Waals surface area contributed by atoms with Gasteiger partial charge in [-0.2, -0.15) is 5.10 Å². The van der Waals surface area contributed by atoms with Gasteiger partial charge in [0.2, 0.25) is 0 Å². The van der Waals surface area contributed by atoms with Gasteiger partial charge in [-0.25, -0.2) is 14.3 Å². The number of nitrogens with zero attached hydrogens (tertiary/aromatic N) is 6. The third-order valence-electron chi connectivity index (χ3n) is 8.20. The van der Waals surface area contributed by atoms with Crippen LogP contribution in [-0.2, 0) is 16.2 Å². The molecular weight excluding hydrogens is 599 g/mol. The molecule has 12 heteroatoms. The van der Waals surface area contributed by atoms with Crippen LogP contribution < -0.4 is 10.2 Å². The Morgan fingerprint density at radius 1 is 1.07 bits per heavy atom. The molecule has 248 valence electrons. The molecule has 0 bridgehead atoms. The molecule has 5 rings (SSSR count). The highest BCUT2D eigenvalue weighted by molar-refractivity contribution is 6.76. The molecule has 0 aliphatic carbocycles. The predicted octanol–water partition coefficient (Wildman–Crippen LogP) is 6.70. The fourth-order valence-electron chi connectivity index (χ4n) is 6.07. The lowest BCUT2D eigenvalue weighted by Gasteiger charge is -2.45. The van der Waals surface area contributed by atoms with Crippen molar-refractivity contribution < 1.29 is 19.1 Å². The first-order valence-corrected chi connectivity index (χ1v) is 19.8. The number of anilines is 2. The number of ether oxygens (including phenoxy) is 2. The number of hydrogen-bond acceptors (Lipinski definition) is 7. The summed E-state index contributed by atoms with van der Waals surface area (Å²) in [7, 11) is -1.25. The van der Waals surface area contributed by atoms with Crippen molar-refractivity contribution in [3.05, 3.63) is 53.6 Å². The van der Waals surface area contributed by atoms with Crippen molar-refractivity contribution >= 4 is 48.0 Å². The molecule has 1 N–H and O–H groups in total. The molecule has 11 nitrogen and oxygen atoms in total. The molecule has 0 spiro atoms. The second-order valence-electron chi connectivity index (χ2n) is 14.8. The van der Waals surface area contributed by atoms with Crippen LogP contribution in [0.4, 0.5) is 16.2 Å². The van der Waals surface area contributed by atoms with Crippen LogP contribution in [0.3, 0.4) is 0 Å². The van der Waals surface area contributed by atoms with Crippen molar-refractivity contribution in [2.24, 2.45) is 0 Å². The zero-order valence-electron chi connectivity index (χ0n) is 29.0. The molecule has 0 radical (unpaired) electrons. The van der Waals surface area contributed by atoms with Gasteiger partial charge in [0, 0.05) is 45.0 Å². The Balaban J connectivity index is 1.46.